The monoisotopic (exact) mass is 305 g/mol. The van der Waals surface area contributed by atoms with Crippen LogP contribution in [0.2, 0.25) is 0 Å². The van der Waals surface area contributed by atoms with E-state index in [1.54, 1.807) is 0 Å². The summed E-state index contributed by atoms with van der Waals surface area (Å²) in [6, 6.07) is 10.8. The number of nitrogens with one attached hydrogen (secondary N) is 2. The quantitative estimate of drug-likeness (QED) is 0.840. The molecular weight excluding hydrogens is 278 g/mol. The molecule has 1 aromatic rings. The average molecular weight is 305 g/mol. The summed E-state index contributed by atoms with van der Waals surface area (Å²) < 4.78 is 5.44. The maximum Gasteiger partial charge on any atom is 0.314 e. The summed E-state index contributed by atoms with van der Waals surface area (Å²) in [6.45, 7) is 8.09. The van der Waals surface area contributed by atoms with Crippen molar-refractivity contribution >= 4 is 6.03 Å². The van der Waals surface area contributed by atoms with Crippen LogP contribution in [-0.2, 0) is 11.2 Å². The third-order valence-corrected chi connectivity index (χ3v) is 4.09. The number of amides is 2. The van der Waals surface area contributed by atoms with E-state index in [1.807, 2.05) is 18.2 Å². The van der Waals surface area contributed by atoms with Gasteiger partial charge in [-0.15, -0.1) is 0 Å². The van der Waals surface area contributed by atoms with Crippen LogP contribution in [0.15, 0.2) is 30.3 Å². The minimum Gasteiger partial charge on any atom is -0.379 e. The lowest BCUT2D eigenvalue weighted by Crippen LogP contribution is -2.52. The molecule has 2 rings (SSSR count). The summed E-state index contributed by atoms with van der Waals surface area (Å²) in [5.74, 6) is 0. The van der Waals surface area contributed by atoms with Crippen LogP contribution in [0.3, 0.4) is 0 Å². The summed E-state index contributed by atoms with van der Waals surface area (Å²) >= 11 is 0. The Kier molecular flexibility index (Phi) is 6.68. The zero-order valence-corrected chi connectivity index (χ0v) is 13.5. The van der Waals surface area contributed by atoms with Gasteiger partial charge >= 0.3 is 6.03 Å². The zero-order chi connectivity index (χ0) is 15.8. The minimum atomic E-state index is -0.0938. The third-order valence-electron chi connectivity index (χ3n) is 4.09. The van der Waals surface area contributed by atoms with Crippen molar-refractivity contribution in [2.45, 2.75) is 32.4 Å². The van der Waals surface area contributed by atoms with Gasteiger partial charge in [-0.2, -0.15) is 0 Å². The molecule has 2 N–H and O–H groups in total. The summed E-state index contributed by atoms with van der Waals surface area (Å²) in [4.78, 5) is 14.2. The van der Waals surface area contributed by atoms with Crippen LogP contribution < -0.4 is 10.6 Å². The number of rotatable bonds is 6. The lowest BCUT2D eigenvalue weighted by molar-refractivity contribution is -0.0176. The van der Waals surface area contributed by atoms with Crippen LogP contribution in [-0.4, -0.2) is 55.9 Å². The molecule has 0 aromatic heterocycles. The van der Waals surface area contributed by atoms with Gasteiger partial charge in [-0.05, 0) is 25.8 Å². The number of carbonyl (C=O) groups is 1. The maximum atomic E-state index is 11.8. The molecule has 0 aliphatic carbocycles. The molecule has 1 aliphatic heterocycles. The molecule has 1 aliphatic rings. The van der Waals surface area contributed by atoms with Crippen molar-refractivity contribution in [1.29, 1.82) is 0 Å². The van der Waals surface area contributed by atoms with Crippen molar-refractivity contribution in [2.75, 3.05) is 32.8 Å². The smallest absolute Gasteiger partial charge is 0.314 e. The van der Waals surface area contributed by atoms with Crippen molar-refractivity contribution < 1.29 is 9.53 Å². The van der Waals surface area contributed by atoms with E-state index in [4.69, 9.17) is 4.74 Å². The lowest BCUT2D eigenvalue weighted by atomic mass is 10.1. The fraction of sp³-hybridized carbons (Fsp3) is 0.588. The van der Waals surface area contributed by atoms with Crippen LogP contribution in [0.1, 0.15) is 19.4 Å². The number of urea groups is 1. The van der Waals surface area contributed by atoms with Crippen LogP contribution >= 0.6 is 0 Å². The summed E-state index contributed by atoms with van der Waals surface area (Å²) in [5.41, 5.74) is 1.23. The van der Waals surface area contributed by atoms with Crippen LogP contribution in [0, 0.1) is 0 Å². The van der Waals surface area contributed by atoms with E-state index in [2.05, 4.69) is 41.5 Å². The van der Waals surface area contributed by atoms with E-state index < -0.39 is 0 Å². The molecule has 0 spiro atoms. The molecule has 0 saturated carbocycles. The summed E-state index contributed by atoms with van der Waals surface area (Å²) in [5, 5.41) is 5.86. The van der Waals surface area contributed by atoms with Crippen molar-refractivity contribution in [2.24, 2.45) is 0 Å². The summed E-state index contributed by atoms with van der Waals surface area (Å²) in [6.07, 6.45) is 0.851. The van der Waals surface area contributed by atoms with Gasteiger partial charge in [-0.3, -0.25) is 4.90 Å². The van der Waals surface area contributed by atoms with Crippen LogP contribution in [0.25, 0.3) is 0 Å². The lowest BCUT2D eigenvalue weighted by Gasteiger charge is -2.37. The number of benzene rings is 1. The van der Waals surface area contributed by atoms with Crippen LogP contribution in [0.4, 0.5) is 4.79 Å². The average Bonchev–Trinajstić information content (AvgIpc) is 2.54. The molecule has 1 fully saturated rings. The molecule has 5 nitrogen and oxygen atoms in total. The normalized spacial score (nSPS) is 20.4. The molecule has 1 heterocycles. The van der Waals surface area contributed by atoms with Crippen molar-refractivity contribution in [3.8, 4) is 0 Å². The Morgan fingerprint density at radius 1 is 1.36 bits per heavy atom. The fourth-order valence-electron chi connectivity index (χ4n) is 2.78. The number of hydrogen-bond donors (Lipinski definition) is 2. The van der Waals surface area contributed by atoms with E-state index in [1.165, 1.54) is 5.56 Å². The Bertz CT molecular complexity index is 452. The third kappa shape index (κ3) is 5.31. The molecule has 1 aromatic carbocycles. The van der Waals surface area contributed by atoms with Gasteiger partial charge in [-0.1, -0.05) is 30.3 Å². The summed E-state index contributed by atoms with van der Waals surface area (Å²) in [7, 11) is 0. The molecule has 0 unspecified atom stereocenters. The molecule has 122 valence electrons. The molecule has 2 atom stereocenters. The van der Waals surface area contributed by atoms with Gasteiger partial charge in [0.15, 0.2) is 0 Å². The molecular formula is C17H27N3O2. The number of hydrogen-bond acceptors (Lipinski definition) is 3. The van der Waals surface area contributed by atoms with Gasteiger partial charge in [0.1, 0.15) is 0 Å². The SMILES string of the molecule is C[C@@H](CNC(=O)NCCc1ccccc1)N1CCOC[C@@H]1C. The minimum absolute atomic E-state index is 0.0938. The largest absolute Gasteiger partial charge is 0.379 e. The van der Waals surface area contributed by atoms with E-state index in [0.29, 0.717) is 25.2 Å². The first-order valence-electron chi connectivity index (χ1n) is 8.06. The van der Waals surface area contributed by atoms with E-state index in [-0.39, 0.29) is 6.03 Å². The maximum absolute atomic E-state index is 11.8. The highest BCUT2D eigenvalue weighted by atomic mass is 16.5. The number of morpholine rings is 1. The number of ether oxygens (including phenoxy) is 1. The molecule has 0 bridgehead atoms. The van der Waals surface area contributed by atoms with Gasteiger partial charge in [0.25, 0.3) is 0 Å². The van der Waals surface area contributed by atoms with E-state index >= 15 is 0 Å². The van der Waals surface area contributed by atoms with Gasteiger partial charge in [-0.25, -0.2) is 4.79 Å². The van der Waals surface area contributed by atoms with E-state index in [0.717, 1.165) is 26.2 Å². The van der Waals surface area contributed by atoms with Gasteiger partial charge in [0.05, 0.1) is 13.2 Å². The Labute approximate surface area is 133 Å². The second-order valence-corrected chi connectivity index (χ2v) is 5.88. The van der Waals surface area contributed by atoms with Crippen molar-refractivity contribution in [1.82, 2.24) is 15.5 Å². The first-order valence-corrected chi connectivity index (χ1v) is 8.06. The standard InChI is InChI=1S/C17H27N3O2/c1-14(20-10-11-22-13-15(20)2)12-19-17(21)18-9-8-16-6-4-3-5-7-16/h3-7,14-15H,8-13H2,1-2H3,(H2,18,19,21)/t14-,15-/m0/s1. The Morgan fingerprint density at radius 2 is 2.14 bits per heavy atom. The number of nitrogens with zero attached hydrogens (tertiary/aromatic N) is 1. The predicted molar refractivity (Wildman–Crippen MR) is 88.0 cm³/mol. The first kappa shape index (κ1) is 16.8. The van der Waals surface area contributed by atoms with Gasteiger partial charge in [0.2, 0.25) is 0 Å². The molecule has 0 radical (unpaired) electrons. The first-order chi connectivity index (χ1) is 10.7. The highest BCUT2D eigenvalue weighted by Crippen LogP contribution is 2.09. The topological polar surface area (TPSA) is 53.6 Å². The molecule has 22 heavy (non-hydrogen) atoms. The molecule has 1 saturated heterocycles. The highest BCUT2D eigenvalue weighted by molar-refractivity contribution is 5.73. The van der Waals surface area contributed by atoms with Crippen LogP contribution in [0.5, 0.6) is 0 Å². The highest BCUT2D eigenvalue weighted by Gasteiger charge is 2.23. The fourth-order valence-corrected chi connectivity index (χ4v) is 2.78. The van der Waals surface area contributed by atoms with Crippen molar-refractivity contribution in [3.63, 3.8) is 0 Å². The Balaban J connectivity index is 1.62. The molecule has 2 amide bonds. The zero-order valence-electron chi connectivity index (χ0n) is 13.5. The van der Waals surface area contributed by atoms with E-state index in [9.17, 15) is 4.79 Å². The molecule has 5 heteroatoms. The van der Waals surface area contributed by atoms with Gasteiger partial charge in [0, 0.05) is 31.7 Å². The Hall–Kier alpha value is -1.59. The number of carbonyl (C=O) groups excluding carboxylic acids is 1. The second kappa shape index (κ2) is 8.76. The predicted octanol–water partition coefficient (Wildman–Crippen LogP) is 1.64. The van der Waals surface area contributed by atoms with Gasteiger partial charge < -0.3 is 15.4 Å². The second-order valence-electron chi connectivity index (χ2n) is 5.88. The Morgan fingerprint density at radius 3 is 2.86 bits per heavy atom. The van der Waals surface area contributed by atoms with Crippen molar-refractivity contribution in [3.05, 3.63) is 35.9 Å².